The number of hydrogen-bond acceptors (Lipinski definition) is 3. The molecule has 0 aromatic heterocycles. The largest absolute Gasteiger partial charge is 0.478 e. The Morgan fingerprint density at radius 3 is 2.75 bits per heavy atom. The maximum Gasteiger partial charge on any atom is 0.335 e. The van der Waals surface area contributed by atoms with Crippen molar-refractivity contribution in [3.8, 4) is 6.07 Å². The van der Waals surface area contributed by atoms with Crippen LogP contribution in [0.2, 0.25) is 0 Å². The van der Waals surface area contributed by atoms with Gasteiger partial charge < -0.3 is 10.4 Å². The zero-order valence-corrected chi connectivity index (χ0v) is 11.1. The average Bonchev–Trinajstić information content (AvgIpc) is 2.45. The second-order valence-corrected chi connectivity index (χ2v) is 4.50. The van der Waals surface area contributed by atoms with Crippen molar-refractivity contribution >= 4 is 11.7 Å². The maximum atomic E-state index is 10.9. The van der Waals surface area contributed by atoms with Crippen molar-refractivity contribution in [2.24, 2.45) is 0 Å². The van der Waals surface area contributed by atoms with Gasteiger partial charge in [0.15, 0.2) is 0 Å². The van der Waals surface area contributed by atoms with Gasteiger partial charge in [0.1, 0.15) is 0 Å². The van der Waals surface area contributed by atoms with Crippen LogP contribution in [0.4, 0.5) is 5.69 Å². The molecule has 0 fully saturated rings. The molecule has 2 aromatic carbocycles. The SMILES string of the molecule is Cc1cc(NCc2cccc(C(=O)O)c2)ccc1C#N. The Morgan fingerprint density at radius 2 is 2.10 bits per heavy atom. The molecule has 2 rings (SSSR count). The number of aromatic carboxylic acids is 1. The zero-order chi connectivity index (χ0) is 14.5. The number of hydrogen-bond donors (Lipinski definition) is 2. The summed E-state index contributed by atoms with van der Waals surface area (Å²) in [5.41, 5.74) is 3.65. The molecule has 2 N–H and O–H groups in total. The number of carboxylic acids is 1. The van der Waals surface area contributed by atoms with Crippen molar-refractivity contribution in [3.63, 3.8) is 0 Å². The van der Waals surface area contributed by atoms with E-state index in [1.165, 1.54) is 0 Å². The van der Waals surface area contributed by atoms with Crippen LogP contribution in [0, 0.1) is 18.3 Å². The molecule has 100 valence electrons. The first-order chi connectivity index (χ1) is 9.60. The molecular weight excluding hydrogens is 252 g/mol. The van der Waals surface area contributed by atoms with Crippen molar-refractivity contribution in [2.45, 2.75) is 13.5 Å². The third-order valence-corrected chi connectivity index (χ3v) is 3.02. The summed E-state index contributed by atoms with van der Waals surface area (Å²) in [7, 11) is 0. The molecule has 0 aliphatic rings. The molecule has 0 saturated heterocycles. The molecule has 20 heavy (non-hydrogen) atoms. The van der Waals surface area contributed by atoms with Gasteiger partial charge in [0.2, 0.25) is 0 Å². The van der Waals surface area contributed by atoms with Gasteiger partial charge in [-0.15, -0.1) is 0 Å². The van der Waals surface area contributed by atoms with E-state index in [1.807, 2.05) is 25.1 Å². The highest BCUT2D eigenvalue weighted by Gasteiger charge is 2.03. The Balaban J connectivity index is 2.09. The van der Waals surface area contributed by atoms with E-state index in [0.29, 0.717) is 12.1 Å². The van der Waals surface area contributed by atoms with Gasteiger partial charge in [-0.25, -0.2) is 4.79 Å². The van der Waals surface area contributed by atoms with Crippen LogP contribution in [0.5, 0.6) is 0 Å². The highest BCUT2D eigenvalue weighted by molar-refractivity contribution is 5.87. The van der Waals surface area contributed by atoms with E-state index < -0.39 is 5.97 Å². The van der Waals surface area contributed by atoms with Gasteiger partial charge in [0, 0.05) is 12.2 Å². The standard InChI is InChI=1S/C16H14N2O2/c1-11-7-15(6-5-14(11)9-17)18-10-12-3-2-4-13(8-12)16(19)20/h2-8,18H,10H2,1H3,(H,19,20). The first-order valence-electron chi connectivity index (χ1n) is 6.17. The summed E-state index contributed by atoms with van der Waals surface area (Å²) < 4.78 is 0. The normalized spacial score (nSPS) is 9.80. The summed E-state index contributed by atoms with van der Waals surface area (Å²) in [6.45, 7) is 2.42. The number of rotatable bonds is 4. The molecule has 0 atom stereocenters. The lowest BCUT2D eigenvalue weighted by molar-refractivity contribution is 0.0697. The summed E-state index contributed by atoms with van der Waals surface area (Å²) in [5.74, 6) is -0.930. The topological polar surface area (TPSA) is 73.1 Å². The van der Waals surface area contributed by atoms with Gasteiger partial charge in [0.25, 0.3) is 0 Å². The fraction of sp³-hybridized carbons (Fsp3) is 0.125. The number of anilines is 1. The van der Waals surface area contributed by atoms with Crippen LogP contribution in [0.25, 0.3) is 0 Å². The van der Waals surface area contributed by atoms with Gasteiger partial charge in [-0.2, -0.15) is 5.26 Å². The number of benzene rings is 2. The molecular formula is C16H14N2O2. The Bertz CT molecular complexity index is 687. The fourth-order valence-electron chi connectivity index (χ4n) is 1.92. The van der Waals surface area contributed by atoms with Crippen molar-refractivity contribution in [1.82, 2.24) is 0 Å². The number of aryl methyl sites for hydroxylation is 1. The highest BCUT2D eigenvalue weighted by Crippen LogP contribution is 2.15. The van der Waals surface area contributed by atoms with Gasteiger partial charge in [-0.3, -0.25) is 0 Å². The van der Waals surface area contributed by atoms with Crippen molar-refractivity contribution in [3.05, 3.63) is 64.7 Å². The van der Waals surface area contributed by atoms with Crippen LogP contribution in [0.3, 0.4) is 0 Å². The van der Waals surface area contributed by atoms with Crippen LogP contribution >= 0.6 is 0 Å². The quantitative estimate of drug-likeness (QED) is 0.891. The summed E-state index contributed by atoms with van der Waals surface area (Å²) in [5, 5.41) is 21.0. The lowest BCUT2D eigenvalue weighted by Crippen LogP contribution is -2.02. The van der Waals surface area contributed by atoms with Gasteiger partial charge in [-0.05, 0) is 48.4 Å². The minimum absolute atomic E-state index is 0.278. The van der Waals surface area contributed by atoms with Crippen molar-refractivity contribution < 1.29 is 9.90 Å². The third kappa shape index (κ3) is 3.15. The third-order valence-electron chi connectivity index (χ3n) is 3.02. The molecule has 4 nitrogen and oxygen atoms in total. The maximum absolute atomic E-state index is 10.9. The average molecular weight is 266 g/mol. The Labute approximate surface area is 117 Å². The van der Waals surface area contributed by atoms with Gasteiger partial charge in [-0.1, -0.05) is 12.1 Å². The smallest absolute Gasteiger partial charge is 0.335 e. The molecule has 0 aliphatic carbocycles. The molecule has 0 saturated carbocycles. The Hall–Kier alpha value is -2.80. The van der Waals surface area contributed by atoms with E-state index in [4.69, 9.17) is 10.4 Å². The van der Waals surface area contributed by atoms with Gasteiger partial charge in [0.05, 0.1) is 17.2 Å². The first kappa shape index (κ1) is 13.6. The fourth-order valence-corrected chi connectivity index (χ4v) is 1.92. The van der Waals surface area contributed by atoms with Crippen molar-refractivity contribution in [2.75, 3.05) is 5.32 Å². The molecule has 0 radical (unpaired) electrons. The number of nitrogens with one attached hydrogen (secondary N) is 1. The number of nitriles is 1. The molecule has 0 aliphatic heterocycles. The molecule has 0 heterocycles. The first-order valence-corrected chi connectivity index (χ1v) is 6.17. The molecule has 2 aromatic rings. The molecule has 0 spiro atoms. The van der Waals surface area contributed by atoms with E-state index in [1.54, 1.807) is 24.3 Å². The second kappa shape index (κ2) is 5.89. The second-order valence-electron chi connectivity index (χ2n) is 4.50. The Kier molecular flexibility index (Phi) is 4.02. The number of nitrogens with zero attached hydrogens (tertiary/aromatic N) is 1. The molecule has 4 heteroatoms. The van der Waals surface area contributed by atoms with Crippen molar-refractivity contribution in [1.29, 1.82) is 5.26 Å². The van der Waals surface area contributed by atoms with Crippen LogP contribution in [-0.2, 0) is 6.54 Å². The number of carbonyl (C=O) groups is 1. The lowest BCUT2D eigenvalue weighted by atomic mass is 10.1. The van der Waals surface area contributed by atoms with E-state index in [9.17, 15) is 4.79 Å². The van der Waals surface area contributed by atoms with E-state index in [-0.39, 0.29) is 5.56 Å². The monoisotopic (exact) mass is 266 g/mol. The zero-order valence-electron chi connectivity index (χ0n) is 11.1. The van der Waals surface area contributed by atoms with E-state index >= 15 is 0 Å². The van der Waals surface area contributed by atoms with Crippen LogP contribution in [0.15, 0.2) is 42.5 Å². The summed E-state index contributed by atoms with van der Waals surface area (Å²) in [6, 6.07) is 14.4. The molecule has 0 bridgehead atoms. The van der Waals surface area contributed by atoms with Crippen LogP contribution in [0.1, 0.15) is 27.0 Å². The predicted octanol–water partition coefficient (Wildman–Crippen LogP) is 3.18. The molecule has 0 amide bonds. The minimum atomic E-state index is -0.930. The van der Waals surface area contributed by atoms with Crippen LogP contribution in [-0.4, -0.2) is 11.1 Å². The molecule has 0 unspecified atom stereocenters. The highest BCUT2D eigenvalue weighted by atomic mass is 16.4. The summed E-state index contributed by atoms with van der Waals surface area (Å²) >= 11 is 0. The Morgan fingerprint density at radius 1 is 1.30 bits per heavy atom. The van der Waals surface area contributed by atoms with Crippen LogP contribution < -0.4 is 5.32 Å². The summed E-state index contributed by atoms with van der Waals surface area (Å²) in [6.07, 6.45) is 0. The van der Waals surface area contributed by atoms with E-state index in [2.05, 4.69) is 11.4 Å². The minimum Gasteiger partial charge on any atom is -0.478 e. The van der Waals surface area contributed by atoms with E-state index in [0.717, 1.165) is 16.8 Å². The predicted molar refractivity (Wildman–Crippen MR) is 76.6 cm³/mol. The van der Waals surface area contributed by atoms with Gasteiger partial charge >= 0.3 is 5.97 Å². The number of carboxylic acid groups (broad SMARTS) is 1. The lowest BCUT2D eigenvalue weighted by Gasteiger charge is -2.08. The summed E-state index contributed by atoms with van der Waals surface area (Å²) in [4.78, 5) is 10.9.